The molecule has 0 amide bonds. The number of carbonyl (C=O) groups is 1. The fourth-order valence-corrected chi connectivity index (χ4v) is 3.56. The molecule has 1 aromatic carbocycles. The Morgan fingerprint density at radius 1 is 0.931 bits per heavy atom. The van der Waals surface area contributed by atoms with Crippen molar-refractivity contribution in [2.45, 2.75) is 51.5 Å². The standard InChI is InChI=1S/C24H31N2O2.HI/c1-25-16-11-13-22(20-25)24(27)28-19-10-6-4-2-3-5-9-17-26-18-15-21-12-7-8-14-23(21)26;/h7-8,11-16,18,20H,2-6,9-10,17,19H2,1H3;1H/q+1;/p-1. The first-order chi connectivity index (χ1) is 13.7. The SMILES string of the molecule is C[n+]1cccc(C(=O)OCCCCCCCCCn2ccc3ccccc32)c1.[I-]. The van der Waals surface area contributed by atoms with Crippen molar-refractivity contribution >= 4 is 16.9 Å². The van der Waals surface area contributed by atoms with Gasteiger partial charge in [-0.25, -0.2) is 9.36 Å². The first-order valence-electron chi connectivity index (χ1n) is 10.4. The zero-order chi connectivity index (χ0) is 19.6. The maximum atomic E-state index is 11.9. The number of halogens is 1. The highest BCUT2D eigenvalue weighted by atomic mass is 127. The van der Waals surface area contributed by atoms with Crippen molar-refractivity contribution in [3.8, 4) is 0 Å². The Hall–Kier alpha value is -1.89. The van der Waals surface area contributed by atoms with E-state index in [2.05, 4.69) is 41.1 Å². The molecule has 0 atom stereocenters. The number of nitrogens with zero attached hydrogens (tertiary/aromatic N) is 2. The number of pyridine rings is 1. The molecule has 0 fully saturated rings. The molecule has 0 bridgehead atoms. The number of carbonyl (C=O) groups excluding carboxylic acids is 1. The quantitative estimate of drug-likeness (QED) is 0.173. The van der Waals surface area contributed by atoms with Crippen LogP contribution in [0, 0.1) is 0 Å². The average molecular weight is 506 g/mol. The van der Waals surface area contributed by atoms with Crippen molar-refractivity contribution in [2.24, 2.45) is 7.05 Å². The van der Waals surface area contributed by atoms with Gasteiger partial charge in [-0.2, -0.15) is 0 Å². The molecule has 2 heterocycles. The van der Waals surface area contributed by atoms with Crippen molar-refractivity contribution in [2.75, 3.05) is 6.61 Å². The minimum absolute atomic E-state index is 0. The summed E-state index contributed by atoms with van der Waals surface area (Å²) in [6, 6.07) is 14.4. The van der Waals surface area contributed by atoms with Gasteiger partial charge in [-0.15, -0.1) is 0 Å². The normalized spacial score (nSPS) is 10.7. The summed E-state index contributed by atoms with van der Waals surface area (Å²) in [7, 11) is 1.90. The van der Waals surface area contributed by atoms with Crippen LogP contribution in [-0.4, -0.2) is 17.1 Å². The number of hydrogen-bond donors (Lipinski definition) is 0. The molecule has 2 aromatic heterocycles. The maximum absolute atomic E-state index is 11.9. The second-order valence-corrected chi connectivity index (χ2v) is 7.44. The van der Waals surface area contributed by atoms with Crippen molar-refractivity contribution < 1.29 is 38.1 Å². The van der Waals surface area contributed by atoms with Crippen LogP contribution >= 0.6 is 0 Å². The molecule has 156 valence electrons. The number of aryl methyl sites for hydroxylation is 2. The van der Waals surface area contributed by atoms with E-state index in [9.17, 15) is 4.79 Å². The minimum atomic E-state index is -0.228. The Kier molecular flexibility index (Phi) is 10.2. The molecule has 0 N–H and O–H groups in total. The highest BCUT2D eigenvalue weighted by Crippen LogP contribution is 2.16. The molecule has 0 aliphatic rings. The fourth-order valence-electron chi connectivity index (χ4n) is 3.56. The van der Waals surface area contributed by atoms with E-state index in [1.54, 1.807) is 12.3 Å². The molecule has 0 spiro atoms. The van der Waals surface area contributed by atoms with E-state index in [1.165, 1.54) is 43.0 Å². The van der Waals surface area contributed by atoms with Gasteiger partial charge in [0.05, 0.1) is 6.61 Å². The number of esters is 1. The van der Waals surface area contributed by atoms with Gasteiger partial charge in [-0.05, 0) is 36.4 Å². The van der Waals surface area contributed by atoms with Gasteiger partial charge in [0.2, 0.25) is 0 Å². The summed E-state index contributed by atoms with van der Waals surface area (Å²) >= 11 is 0. The Bertz CT molecular complexity index is 891. The average Bonchev–Trinajstić information content (AvgIpc) is 3.12. The number of fused-ring (bicyclic) bond motifs is 1. The Balaban J connectivity index is 0.00000300. The molecule has 0 aliphatic carbocycles. The van der Waals surface area contributed by atoms with E-state index in [0.717, 1.165) is 19.4 Å². The highest BCUT2D eigenvalue weighted by molar-refractivity contribution is 5.88. The number of unbranched alkanes of at least 4 members (excludes halogenated alkanes) is 6. The Labute approximate surface area is 190 Å². The molecule has 0 unspecified atom stereocenters. The molecule has 4 nitrogen and oxygen atoms in total. The topological polar surface area (TPSA) is 35.1 Å². The van der Waals surface area contributed by atoms with Crippen LogP contribution < -0.4 is 28.5 Å². The van der Waals surface area contributed by atoms with E-state index in [1.807, 2.05) is 23.9 Å². The van der Waals surface area contributed by atoms with Gasteiger partial charge in [-0.1, -0.05) is 50.3 Å². The smallest absolute Gasteiger partial charge is 0.344 e. The van der Waals surface area contributed by atoms with Gasteiger partial charge in [0, 0.05) is 24.3 Å². The van der Waals surface area contributed by atoms with Gasteiger partial charge < -0.3 is 33.3 Å². The van der Waals surface area contributed by atoms with Crippen molar-refractivity contribution in [1.29, 1.82) is 0 Å². The summed E-state index contributed by atoms with van der Waals surface area (Å²) < 4.78 is 9.56. The van der Waals surface area contributed by atoms with Crippen LogP contribution in [0.1, 0.15) is 55.3 Å². The van der Waals surface area contributed by atoms with Gasteiger partial charge in [0.1, 0.15) is 12.6 Å². The van der Waals surface area contributed by atoms with Crippen molar-refractivity contribution in [1.82, 2.24) is 4.57 Å². The lowest BCUT2D eigenvalue weighted by Crippen LogP contribution is -3.00. The molecule has 3 rings (SSSR count). The molecular formula is C24H31IN2O2. The molecule has 0 radical (unpaired) electrons. The highest BCUT2D eigenvalue weighted by Gasteiger charge is 2.09. The lowest BCUT2D eigenvalue weighted by molar-refractivity contribution is -0.671. The second-order valence-electron chi connectivity index (χ2n) is 7.44. The van der Waals surface area contributed by atoms with E-state index >= 15 is 0 Å². The number of hydrogen-bond acceptors (Lipinski definition) is 2. The van der Waals surface area contributed by atoms with Crippen molar-refractivity contribution in [3.63, 3.8) is 0 Å². The van der Waals surface area contributed by atoms with E-state index in [4.69, 9.17) is 4.74 Å². The van der Waals surface area contributed by atoms with Gasteiger partial charge >= 0.3 is 5.97 Å². The van der Waals surface area contributed by atoms with Crippen LogP contribution in [-0.2, 0) is 18.3 Å². The third-order valence-electron chi connectivity index (χ3n) is 5.13. The first-order valence-corrected chi connectivity index (χ1v) is 10.4. The van der Waals surface area contributed by atoms with Crippen LogP contribution in [0.2, 0.25) is 0 Å². The largest absolute Gasteiger partial charge is 1.00 e. The lowest BCUT2D eigenvalue weighted by atomic mass is 10.1. The summed E-state index contributed by atoms with van der Waals surface area (Å²) in [4.78, 5) is 11.9. The predicted molar refractivity (Wildman–Crippen MR) is 112 cm³/mol. The van der Waals surface area contributed by atoms with Gasteiger partial charge in [0.25, 0.3) is 0 Å². The molecule has 0 saturated heterocycles. The summed E-state index contributed by atoms with van der Waals surface area (Å²) in [6.45, 7) is 1.61. The van der Waals surface area contributed by atoms with Crippen LogP contribution in [0.5, 0.6) is 0 Å². The van der Waals surface area contributed by atoms with Gasteiger partial charge in [0.15, 0.2) is 12.4 Å². The molecule has 5 heteroatoms. The van der Waals surface area contributed by atoms with Crippen molar-refractivity contribution in [3.05, 3.63) is 66.6 Å². The number of benzene rings is 1. The van der Waals surface area contributed by atoms with E-state index in [-0.39, 0.29) is 29.9 Å². The van der Waals surface area contributed by atoms with Crippen LogP contribution in [0.4, 0.5) is 0 Å². The van der Waals surface area contributed by atoms with Crippen LogP contribution in [0.3, 0.4) is 0 Å². The predicted octanol–water partition coefficient (Wildman–Crippen LogP) is 2.06. The lowest BCUT2D eigenvalue weighted by Gasteiger charge is -2.06. The molecule has 3 aromatic rings. The second kappa shape index (κ2) is 12.6. The third kappa shape index (κ3) is 7.46. The Morgan fingerprint density at radius 2 is 1.66 bits per heavy atom. The summed E-state index contributed by atoms with van der Waals surface area (Å²) in [5, 5.41) is 1.32. The number of ether oxygens (including phenoxy) is 1. The number of rotatable bonds is 11. The molecule has 0 saturated carbocycles. The fraction of sp³-hybridized carbons (Fsp3) is 0.417. The summed E-state index contributed by atoms with van der Waals surface area (Å²) in [6.07, 6.45) is 14.2. The maximum Gasteiger partial charge on any atom is 0.344 e. The molecule has 29 heavy (non-hydrogen) atoms. The zero-order valence-corrected chi connectivity index (χ0v) is 19.4. The van der Waals surface area contributed by atoms with E-state index < -0.39 is 0 Å². The zero-order valence-electron chi connectivity index (χ0n) is 17.2. The Morgan fingerprint density at radius 3 is 2.45 bits per heavy atom. The first kappa shape index (κ1) is 23.4. The van der Waals surface area contributed by atoms with E-state index in [0.29, 0.717) is 12.2 Å². The monoisotopic (exact) mass is 506 g/mol. The third-order valence-corrected chi connectivity index (χ3v) is 5.13. The minimum Gasteiger partial charge on any atom is -1.00 e. The van der Waals surface area contributed by atoms with Crippen LogP contribution in [0.15, 0.2) is 61.1 Å². The summed E-state index contributed by atoms with van der Waals surface area (Å²) in [5.41, 5.74) is 1.95. The molecule has 0 aliphatic heterocycles. The number of para-hydroxylation sites is 1. The van der Waals surface area contributed by atoms with Gasteiger partial charge in [-0.3, -0.25) is 0 Å². The molecular weight excluding hydrogens is 475 g/mol. The van der Waals surface area contributed by atoms with Crippen LogP contribution in [0.25, 0.3) is 10.9 Å². The number of aromatic nitrogens is 2. The summed E-state index contributed by atoms with van der Waals surface area (Å²) in [5.74, 6) is -0.228.